The quantitative estimate of drug-likeness (QED) is 0.152. The third-order valence-corrected chi connectivity index (χ3v) is 8.52. The van der Waals surface area contributed by atoms with Crippen LogP contribution in [-0.2, 0) is 46.7 Å². The summed E-state index contributed by atoms with van der Waals surface area (Å²) in [7, 11) is 6.16. The van der Waals surface area contributed by atoms with E-state index in [9.17, 15) is 9.46 Å². The van der Waals surface area contributed by atoms with Gasteiger partial charge < -0.3 is 35.2 Å². The fourth-order valence-electron chi connectivity index (χ4n) is 1.31. The number of rotatable bonds is 16. The molecule has 0 spiro atoms. The van der Waals surface area contributed by atoms with Gasteiger partial charge in [0.15, 0.2) is 6.80 Å². The topological polar surface area (TPSA) is 77.1 Å². The molecule has 6 nitrogen and oxygen atoms in total. The normalized spacial score (nSPS) is 16.9. The van der Waals surface area contributed by atoms with E-state index in [-0.39, 0.29) is 0 Å². The van der Waals surface area contributed by atoms with Crippen molar-refractivity contribution in [2.45, 2.75) is 32.1 Å². The lowest BCUT2D eigenvalue weighted by Crippen LogP contribution is -2.06. The Hall–Kier alpha value is 1.73. The molecule has 0 aliphatic heterocycles. The summed E-state index contributed by atoms with van der Waals surface area (Å²) in [6.45, 7) is -5.74. The molecular formula is C11H24O6P2S4-2. The molecule has 0 bridgehead atoms. The maximum absolute atomic E-state index is 11.3. The van der Waals surface area contributed by atoms with E-state index in [1.807, 2.05) is 10.8 Å². The van der Waals surface area contributed by atoms with Crippen LogP contribution in [0.4, 0.5) is 0 Å². The van der Waals surface area contributed by atoms with E-state index in [1.54, 1.807) is 10.8 Å². The summed E-state index contributed by atoms with van der Waals surface area (Å²) in [5.41, 5.74) is 0. The fourth-order valence-corrected chi connectivity index (χ4v) is 4.88. The molecule has 23 heavy (non-hydrogen) atoms. The zero-order chi connectivity index (χ0) is 17.6. The molecule has 0 heterocycles. The first-order valence-electron chi connectivity index (χ1n) is 7.10. The molecule has 0 aromatic rings. The van der Waals surface area contributed by atoms with Crippen LogP contribution in [0.3, 0.4) is 0 Å². The highest BCUT2D eigenvalue weighted by atomic mass is 33.1. The number of unbranched alkanes of at least 4 members (excludes halogenated alkanes) is 3. The van der Waals surface area contributed by atoms with E-state index >= 15 is 0 Å². The van der Waals surface area contributed by atoms with Crippen molar-refractivity contribution in [2.75, 3.05) is 38.9 Å². The second kappa shape index (κ2) is 14.9. The molecule has 0 fully saturated rings. The summed E-state index contributed by atoms with van der Waals surface area (Å²) < 4.78 is 30.3. The van der Waals surface area contributed by atoms with Crippen LogP contribution in [0.25, 0.3) is 0 Å². The van der Waals surface area contributed by atoms with E-state index < -0.39 is 13.5 Å². The molecule has 0 radical (unpaired) electrons. The van der Waals surface area contributed by atoms with Gasteiger partial charge in [0.05, 0.1) is 13.2 Å². The van der Waals surface area contributed by atoms with Crippen LogP contribution in [0.15, 0.2) is 0 Å². The largest absolute Gasteiger partial charge is 0.780 e. The van der Waals surface area contributed by atoms with E-state index in [1.165, 1.54) is 14.2 Å². The van der Waals surface area contributed by atoms with Crippen LogP contribution >= 0.6 is 35.1 Å². The summed E-state index contributed by atoms with van der Waals surface area (Å²) in [5, 5.41) is 0. The third-order valence-electron chi connectivity index (χ3n) is 2.52. The first kappa shape index (κ1) is 24.7. The van der Waals surface area contributed by atoms with Crippen LogP contribution in [0.1, 0.15) is 32.1 Å². The van der Waals surface area contributed by atoms with Crippen LogP contribution in [0, 0.1) is 0 Å². The van der Waals surface area contributed by atoms with Crippen LogP contribution in [-0.4, -0.2) is 38.9 Å². The summed E-state index contributed by atoms with van der Waals surface area (Å²) in [4.78, 5) is 11.3. The van der Waals surface area contributed by atoms with E-state index in [4.69, 9.17) is 9.05 Å². The van der Waals surface area contributed by atoms with Gasteiger partial charge >= 0.3 is 0 Å². The number of hydrogen-bond acceptors (Lipinski definition) is 10. The minimum absolute atomic E-state index is 0.358. The average molecular weight is 443 g/mol. The fraction of sp³-hybridized carbons (Fsp3) is 1.00. The standard InChI is InChI=1S/C11H26O6P2S4/c1-14-18(12,20)16-8-5-3-4-6-10-22-23-11-7-9-17-19(13,21)15-2/h3-11H2,1-2H3,(H,12,20)(H,13,21)/p-2. The Morgan fingerprint density at radius 1 is 0.957 bits per heavy atom. The summed E-state index contributed by atoms with van der Waals surface area (Å²) in [6, 6.07) is 0. The molecule has 2 unspecified atom stereocenters. The number of hydrogen-bond donors (Lipinski definition) is 0. The summed E-state index contributed by atoms with van der Waals surface area (Å²) >= 11 is 9.23. The molecular weight excluding hydrogens is 418 g/mol. The predicted molar refractivity (Wildman–Crippen MR) is 103 cm³/mol. The maximum Gasteiger partial charge on any atom is 0.199 e. The molecule has 0 aromatic carbocycles. The lowest BCUT2D eigenvalue weighted by atomic mass is 10.2. The first-order chi connectivity index (χ1) is 10.8. The SMILES string of the molecule is COP(=O)([S-])OCCCSSCCCCCCOP([O-])(=S)OC. The summed E-state index contributed by atoms with van der Waals surface area (Å²) in [5.74, 6) is 1.99. The van der Waals surface area contributed by atoms with Crippen molar-refractivity contribution >= 4 is 59.2 Å². The van der Waals surface area contributed by atoms with Crippen LogP contribution in [0.5, 0.6) is 0 Å². The average Bonchev–Trinajstić information content (AvgIpc) is 2.51. The van der Waals surface area contributed by atoms with Gasteiger partial charge in [-0.15, -0.1) is 0 Å². The molecule has 0 aromatic heterocycles. The van der Waals surface area contributed by atoms with E-state index in [0.29, 0.717) is 13.2 Å². The molecule has 0 saturated heterocycles. The second-order valence-corrected chi connectivity index (χ2v) is 12.8. The van der Waals surface area contributed by atoms with Crippen molar-refractivity contribution in [2.24, 2.45) is 0 Å². The molecule has 0 saturated carbocycles. The van der Waals surface area contributed by atoms with Crippen LogP contribution < -0.4 is 4.89 Å². The van der Waals surface area contributed by atoms with E-state index in [2.05, 4.69) is 33.1 Å². The Kier molecular flexibility index (Phi) is 16.0. The van der Waals surface area contributed by atoms with Gasteiger partial charge in [0.25, 0.3) is 0 Å². The highest BCUT2D eigenvalue weighted by molar-refractivity contribution is 8.76. The summed E-state index contributed by atoms with van der Waals surface area (Å²) in [6.07, 6.45) is 4.86. The Morgan fingerprint density at radius 3 is 2.13 bits per heavy atom. The van der Waals surface area contributed by atoms with Gasteiger partial charge in [0.1, 0.15) is 6.72 Å². The molecule has 2 atom stereocenters. The smallest absolute Gasteiger partial charge is 0.199 e. The monoisotopic (exact) mass is 442 g/mol. The Bertz CT molecular complexity index is 354. The van der Waals surface area contributed by atoms with E-state index in [0.717, 1.165) is 43.6 Å². The molecule has 12 heteroatoms. The highest BCUT2D eigenvalue weighted by Crippen LogP contribution is 2.44. The van der Waals surface area contributed by atoms with Crippen molar-refractivity contribution in [1.29, 1.82) is 0 Å². The molecule has 0 rings (SSSR count). The molecule has 0 aliphatic rings. The van der Waals surface area contributed by atoms with Gasteiger partial charge in [-0.05, 0) is 19.3 Å². The third kappa shape index (κ3) is 16.9. The van der Waals surface area contributed by atoms with Crippen molar-refractivity contribution in [3.63, 3.8) is 0 Å². The lowest BCUT2D eigenvalue weighted by Gasteiger charge is -2.24. The second-order valence-electron chi connectivity index (χ2n) is 4.34. The molecule has 140 valence electrons. The van der Waals surface area contributed by atoms with Gasteiger partial charge in [-0.1, -0.05) is 46.2 Å². The lowest BCUT2D eigenvalue weighted by molar-refractivity contribution is -0.204. The van der Waals surface area contributed by atoms with Gasteiger partial charge in [-0.2, -0.15) is 0 Å². The highest BCUT2D eigenvalue weighted by Gasteiger charge is 2.03. The molecule has 0 aliphatic carbocycles. The maximum atomic E-state index is 11.3. The molecule has 0 amide bonds. The van der Waals surface area contributed by atoms with Gasteiger partial charge in [-0.25, -0.2) is 0 Å². The van der Waals surface area contributed by atoms with Gasteiger partial charge in [0, 0.05) is 25.7 Å². The van der Waals surface area contributed by atoms with Crippen LogP contribution in [0.2, 0.25) is 0 Å². The zero-order valence-electron chi connectivity index (χ0n) is 13.3. The zero-order valence-corrected chi connectivity index (χ0v) is 18.4. The van der Waals surface area contributed by atoms with Crippen molar-refractivity contribution in [3.8, 4) is 0 Å². The first-order valence-corrected chi connectivity index (χ1v) is 14.7. The Balaban J connectivity index is 3.23. The minimum atomic E-state index is -3.24. The molecule has 0 N–H and O–H groups in total. The minimum Gasteiger partial charge on any atom is -0.780 e. The van der Waals surface area contributed by atoms with Crippen molar-refractivity contribution in [3.05, 3.63) is 0 Å². The predicted octanol–water partition coefficient (Wildman–Crippen LogP) is 3.88. The van der Waals surface area contributed by atoms with Crippen molar-refractivity contribution < 1.29 is 27.6 Å². The Morgan fingerprint density at radius 2 is 1.52 bits per heavy atom. The van der Waals surface area contributed by atoms with Crippen molar-refractivity contribution in [1.82, 2.24) is 0 Å². The Labute approximate surface area is 157 Å². The van der Waals surface area contributed by atoms with Gasteiger partial charge in [-0.3, -0.25) is 4.57 Å². The van der Waals surface area contributed by atoms with Gasteiger partial charge in [0.2, 0.25) is 0 Å².